The van der Waals surface area contributed by atoms with Gasteiger partial charge in [-0.05, 0) is 55.7 Å². The molecule has 0 radical (unpaired) electrons. The van der Waals surface area contributed by atoms with Gasteiger partial charge in [0.25, 0.3) is 0 Å². The molecule has 0 saturated heterocycles. The van der Waals surface area contributed by atoms with Crippen LogP contribution in [0.15, 0.2) is 36.4 Å². The van der Waals surface area contributed by atoms with Gasteiger partial charge in [-0.15, -0.1) is 0 Å². The van der Waals surface area contributed by atoms with Crippen LogP contribution in [0.5, 0.6) is 0 Å². The average Bonchev–Trinajstić information content (AvgIpc) is 2.44. The maximum atomic E-state index is 12.0. The topological polar surface area (TPSA) is 41.1 Å². The van der Waals surface area contributed by atoms with Crippen LogP contribution in [0.3, 0.4) is 0 Å². The van der Waals surface area contributed by atoms with Crippen LogP contribution in [-0.2, 0) is 4.79 Å². The first-order chi connectivity index (χ1) is 9.95. The van der Waals surface area contributed by atoms with E-state index in [0.29, 0.717) is 10.7 Å². The van der Waals surface area contributed by atoms with Crippen molar-refractivity contribution in [1.29, 1.82) is 0 Å². The van der Waals surface area contributed by atoms with Crippen LogP contribution in [0.2, 0.25) is 5.02 Å². The molecule has 0 aliphatic rings. The number of aryl methyl sites for hydroxylation is 3. The van der Waals surface area contributed by atoms with E-state index in [-0.39, 0.29) is 12.5 Å². The number of hydrogen-bond acceptors (Lipinski definition) is 2. The second-order valence-corrected chi connectivity index (χ2v) is 5.59. The van der Waals surface area contributed by atoms with Crippen LogP contribution in [0.4, 0.5) is 11.4 Å². The number of halogens is 1. The first-order valence-corrected chi connectivity index (χ1v) is 7.20. The highest BCUT2D eigenvalue weighted by molar-refractivity contribution is 6.31. The Kier molecular flexibility index (Phi) is 4.86. The third-order valence-electron chi connectivity index (χ3n) is 3.29. The average molecular weight is 303 g/mol. The van der Waals surface area contributed by atoms with Gasteiger partial charge in [0, 0.05) is 16.4 Å². The Labute approximate surface area is 130 Å². The highest BCUT2D eigenvalue weighted by atomic mass is 35.5. The van der Waals surface area contributed by atoms with Gasteiger partial charge < -0.3 is 10.6 Å². The SMILES string of the molecule is Cc1ccc(C)c(NCC(=O)Nc2ccc(C)c(Cl)c2)c1. The molecule has 2 aromatic rings. The van der Waals surface area contributed by atoms with Crippen molar-refractivity contribution in [2.24, 2.45) is 0 Å². The molecule has 3 nitrogen and oxygen atoms in total. The van der Waals surface area contributed by atoms with E-state index in [1.807, 2.05) is 45.0 Å². The zero-order chi connectivity index (χ0) is 15.4. The molecule has 2 rings (SSSR count). The lowest BCUT2D eigenvalue weighted by atomic mass is 10.1. The van der Waals surface area contributed by atoms with Crippen LogP contribution in [0, 0.1) is 20.8 Å². The van der Waals surface area contributed by atoms with Crippen molar-refractivity contribution >= 4 is 28.9 Å². The summed E-state index contributed by atoms with van der Waals surface area (Å²) in [6, 6.07) is 11.6. The van der Waals surface area contributed by atoms with E-state index >= 15 is 0 Å². The molecule has 110 valence electrons. The lowest BCUT2D eigenvalue weighted by molar-refractivity contribution is -0.114. The molecular weight excluding hydrogens is 284 g/mol. The van der Waals surface area contributed by atoms with Crippen molar-refractivity contribution in [3.63, 3.8) is 0 Å². The van der Waals surface area contributed by atoms with Crippen molar-refractivity contribution in [3.05, 3.63) is 58.1 Å². The molecular formula is C17H19ClN2O. The normalized spacial score (nSPS) is 10.3. The number of carbonyl (C=O) groups excluding carboxylic acids is 1. The number of hydrogen-bond donors (Lipinski definition) is 2. The van der Waals surface area contributed by atoms with E-state index < -0.39 is 0 Å². The van der Waals surface area contributed by atoms with Crippen molar-refractivity contribution < 1.29 is 4.79 Å². The predicted octanol–water partition coefficient (Wildman–Crippen LogP) is 4.32. The van der Waals surface area contributed by atoms with Crippen LogP contribution in [0.25, 0.3) is 0 Å². The van der Waals surface area contributed by atoms with E-state index in [1.54, 1.807) is 6.07 Å². The largest absolute Gasteiger partial charge is 0.376 e. The first-order valence-electron chi connectivity index (χ1n) is 6.83. The van der Waals surface area contributed by atoms with Gasteiger partial charge in [0.15, 0.2) is 0 Å². The van der Waals surface area contributed by atoms with E-state index in [9.17, 15) is 4.79 Å². The molecule has 0 aliphatic carbocycles. The Morgan fingerprint density at radius 3 is 2.48 bits per heavy atom. The summed E-state index contributed by atoms with van der Waals surface area (Å²) in [7, 11) is 0. The maximum Gasteiger partial charge on any atom is 0.243 e. The summed E-state index contributed by atoms with van der Waals surface area (Å²) in [5.41, 5.74) is 4.95. The third-order valence-corrected chi connectivity index (χ3v) is 3.70. The fourth-order valence-corrected chi connectivity index (χ4v) is 2.16. The van der Waals surface area contributed by atoms with E-state index in [2.05, 4.69) is 16.7 Å². The zero-order valence-electron chi connectivity index (χ0n) is 12.5. The fourth-order valence-electron chi connectivity index (χ4n) is 1.98. The molecule has 2 N–H and O–H groups in total. The highest BCUT2D eigenvalue weighted by Gasteiger charge is 2.05. The number of anilines is 2. The second-order valence-electron chi connectivity index (χ2n) is 5.18. The maximum absolute atomic E-state index is 12.0. The van der Waals surface area contributed by atoms with Gasteiger partial charge in [0.2, 0.25) is 5.91 Å². The molecule has 2 aromatic carbocycles. The summed E-state index contributed by atoms with van der Waals surface area (Å²) in [5.74, 6) is -0.101. The van der Waals surface area contributed by atoms with Gasteiger partial charge in [-0.1, -0.05) is 29.8 Å². The number of rotatable bonds is 4. The molecule has 0 unspecified atom stereocenters. The van der Waals surface area contributed by atoms with Gasteiger partial charge in [0.05, 0.1) is 6.54 Å². The highest BCUT2D eigenvalue weighted by Crippen LogP contribution is 2.20. The molecule has 0 atom stereocenters. The Morgan fingerprint density at radius 1 is 1.05 bits per heavy atom. The summed E-state index contributed by atoms with van der Waals surface area (Å²) in [5, 5.41) is 6.63. The van der Waals surface area contributed by atoms with E-state index in [0.717, 1.165) is 22.4 Å². The predicted molar refractivity (Wildman–Crippen MR) is 89.2 cm³/mol. The minimum atomic E-state index is -0.101. The minimum Gasteiger partial charge on any atom is -0.376 e. The van der Waals surface area contributed by atoms with Crippen molar-refractivity contribution in [1.82, 2.24) is 0 Å². The number of nitrogens with one attached hydrogen (secondary N) is 2. The Bertz CT molecular complexity index is 668. The van der Waals surface area contributed by atoms with E-state index in [4.69, 9.17) is 11.6 Å². The fraction of sp³-hybridized carbons (Fsp3) is 0.235. The van der Waals surface area contributed by atoms with E-state index in [1.165, 1.54) is 0 Å². The standard InChI is InChI=1S/C17H19ClN2O/c1-11-4-5-13(3)16(8-11)19-10-17(21)20-14-7-6-12(2)15(18)9-14/h4-9,19H,10H2,1-3H3,(H,20,21). The smallest absolute Gasteiger partial charge is 0.243 e. The molecule has 0 aliphatic heterocycles. The summed E-state index contributed by atoms with van der Waals surface area (Å²) in [6.45, 7) is 6.18. The lowest BCUT2D eigenvalue weighted by Gasteiger charge is -2.11. The Morgan fingerprint density at radius 2 is 1.76 bits per heavy atom. The van der Waals surface area contributed by atoms with Gasteiger partial charge in [-0.3, -0.25) is 4.79 Å². The third kappa shape index (κ3) is 4.23. The number of carbonyl (C=O) groups is 1. The van der Waals surface area contributed by atoms with Gasteiger partial charge in [-0.25, -0.2) is 0 Å². The monoisotopic (exact) mass is 302 g/mol. The molecule has 1 amide bonds. The first kappa shape index (κ1) is 15.4. The Balaban J connectivity index is 1.95. The number of amides is 1. The quantitative estimate of drug-likeness (QED) is 0.883. The van der Waals surface area contributed by atoms with Crippen molar-refractivity contribution in [2.45, 2.75) is 20.8 Å². The van der Waals surface area contributed by atoms with Gasteiger partial charge in [-0.2, -0.15) is 0 Å². The second kappa shape index (κ2) is 6.64. The summed E-state index contributed by atoms with van der Waals surface area (Å²) in [6.07, 6.45) is 0. The molecule has 0 fully saturated rings. The molecule has 0 heterocycles. The van der Waals surface area contributed by atoms with Crippen molar-refractivity contribution in [3.8, 4) is 0 Å². The van der Waals surface area contributed by atoms with Crippen LogP contribution >= 0.6 is 11.6 Å². The van der Waals surface area contributed by atoms with Gasteiger partial charge >= 0.3 is 0 Å². The summed E-state index contributed by atoms with van der Waals surface area (Å²) >= 11 is 6.04. The molecule has 21 heavy (non-hydrogen) atoms. The van der Waals surface area contributed by atoms with Gasteiger partial charge in [0.1, 0.15) is 0 Å². The molecule has 0 aromatic heterocycles. The molecule has 0 saturated carbocycles. The zero-order valence-corrected chi connectivity index (χ0v) is 13.2. The van der Waals surface area contributed by atoms with Crippen LogP contribution in [0.1, 0.15) is 16.7 Å². The molecule has 0 spiro atoms. The van der Waals surface area contributed by atoms with Crippen LogP contribution in [-0.4, -0.2) is 12.5 Å². The molecule has 4 heteroatoms. The molecule has 0 bridgehead atoms. The lowest BCUT2D eigenvalue weighted by Crippen LogP contribution is -2.22. The minimum absolute atomic E-state index is 0.101. The number of benzene rings is 2. The van der Waals surface area contributed by atoms with Crippen molar-refractivity contribution in [2.75, 3.05) is 17.2 Å². The van der Waals surface area contributed by atoms with Crippen LogP contribution < -0.4 is 10.6 Å². The Hall–Kier alpha value is -2.00. The summed E-state index contributed by atoms with van der Waals surface area (Å²) in [4.78, 5) is 12.0. The summed E-state index contributed by atoms with van der Waals surface area (Å²) < 4.78 is 0.